The summed E-state index contributed by atoms with van der Waals surface area (Å²) in [5.74, 6) is 3.60. The molecule has 1 unspecified atom stereocenters. The molecule has 2 N–H and O–H groups in total. The molecule has 0 fully saturated rings. The fourth-order valence-electron chi connectivity index (χ4n) is 5.05. The second-order valence-corrected chi connectivity index (χ2v) is 14.6. The van der Waals surface area contributed by atoms with Gasteiger partial charge in [0.05, 0.1) is 10.6 Å². The molecular weight excluding hydrogens is 883 g/mol. The number of halogens is 1. The third-order valence-corrected chi connectivity index (χ3v) is 9.73. The zero-order valence-electron chi connectivity index (χ0n) is 38.4. The first kappa shape index (κ1) is 58.3. The van der Waals surface area contributed by atoms with E-state index in [1.54, 1.807) is 73.6 Å². The molecule has 59 heavy (non-hydrogen) atoms. The van der Waals surface area contributed by atoms with Crippen molar-refractivity contribution in [3.8, 4) is 17.8 Å². The van der Waals surface area contributed by atoms with E-state index >= 15 is 4.39 Å². The number of carbonyl (C=O) groups is 1. The predicted molar refractivity (Wildman–Crippen MR) is 244 cm³/mol. The number of unbranched alkanes of at least 4 members (excludes halogenated alkanes) is 2. The molecule has 0 radical (unpaired) electrons. The number of aliphatic imine (C=N–C) groups is 1. The standard InChI is InChI=1S/C32H38FN7O2S.C6H10O.C5H12.C2H6.CH3.Cs/c1-6-9-10-14-39-18-21(4)19-43-28-17-27(41-20-34)30(38-32(28)39)31(35)37-25-11-12-26(22(5)29(25)33)42-24-13-15-40(36-8-3)23(7-2)16-24;1-3-4-5-6(2)7;1-4-5(2)3;1-2;;/h7-8,11-13,15-17,21H,6,9-10,14,18-19H2,1-5H3,(H2,35,37);4-5H,3H2,1-2H3;5H,4H2,1-3H3;1-2H3;1H3;/q;;;;-1;+1/b23-7?,36-8-;5-4+;;;;. The van der Waals surface area contributed by atoms with E-state index in [0.29, 0.717) is 17.4 Å². The van der Waals surface area contributed by atoms with Crippen LogP contribution >= 0.6 is 11.8 Å². The van der Waals surface area contributed by atoms with Crippen molar-refractivity contribution in [2.24, 2.45) is 27.7 Å². The number of ketones is 1. The minimum absolute atomic E-state index is 0. The number of anilines is 1. The van der Waals surface area contributed by atoms with Crippen LogP contribution in [0.25, 0.3) is 0 Å². The average Bonchev–Trinajstić information content (AvgIpc) is 3.35. The van der Waals surface area contributed by atoms with Gasteiger partial charge < -0.3 is 27.5 Å². The number of hydrogen-bond acceptors (Lipinski definition) is 10. The van der Waals surface area contributed by atoms with Crippen LogP contribution < -0.4 is 89.0 Å². The molecule has 0 bridgehead atoms. The van der Waals surface area contributed by atoms with Gasteiger partial charge in [-0.3, -0.25) is 4.79 Å². The van der Waals surface area contributed by atoms with Gasteiger partial charge in [0.1, 0.15) is 23.0 Å². The van der Waals surface area contributed by atoms with Crippen LogP contribution in [0.15, 0.2) is 81.2 Å². The van der Waals surface area contributed by atoms with E-state index in [2.05, 4.69) is 49.6 Å². The van der Waals surface area contributed by atoms with Gasteiger partial charge in [-0.1, -0.05) is 86.8 Å². The Labute approximate surface area is 419 Å². The van der Waals surface area contributed by atoms with E-state index in [4.69, 9.17) is 20.2 Å². The molecule has 2 aliphatic rings. The van der Waals surface area contributed by atoms with E-state index in [9.17, 15) is 10.1 Å². The van der Waals surface area contributed by atoms with Crippen molar-refractivity contribution >= 4 is 41.1 Å². The van der Waals surface area contributed by atoms with Gasteiger partial charge in [-0.15, -0.1) is 17.0 Å². The number of rotatable bonds is 13. The van der Waals surface area contributed by atoms with Crippen molar-refractivity contribution in [1.29, 1.82) is 5.26 Å². The Morgan fingerprint density at radius 3 is 2.41 bits per heavy atom. The van der Waals surface area contributed by atoms with Crippen molar-refractivity contribution in [3.63, 3.8) is 0 Å². The van der Waals surface area contributed by atoms with Crippen molar-refractivity contribution in [3.05, 3.63) is 90.7 Å². The number of amidine groups is 1. The Morgan fingerprint density at radius 2 is 1.86 bits per heavy atom. The number of benzene rings is 1. The maximum atomic E-state index is 15.6. The Kier molecular flexibility index (Phi) is 32.5. The minimum atomic E-state index is -0.576. The molecule has 2 aromatic rings. The van der Waals surface area contributed by atoms with Crippen LogP contribution in [0.3, 0.4) is 0 Å². The first-order chi connectivity index (χ1) is 27.3. The molecule has 3 heterocycles. The molecule has 0 spiro atoms. The fraction of sp³-hybridized carbons (Fsp3) is 0.478. The van der Waals surface area contributed by atoms with Crippen LogP contribution in [-0.4, -0.2) is 46.7 Å². The van der Waals surface area contributed by atoms with E-state index < -0.39 is 5.82 Å². The van der Waals surface area contributed by atoms with Crippen molar-refractivity contribution in [1.82, 2.24) is 9.99 Å². The topological polar surface area (TPSA) is 129 Å². The predicted octanol–water partition coefficient (Wildman–Crippen LogP) is 9.24. The summed E-state index contributed by atoms with van der Waals surface area (Å²) in [6.07, 6.45) is 19.6. The molecule has 10 nitrogen and oxygen atoms in total. The van der Waals surface area contributed by atoms with Crippen LogP contribution in [0.4, 0.5) is 15.9 Å². The zero-order valence-corrected chi connectivity index (χ0v) is 45.5. The number of nitrogens with zero attached hydrogens (tertiary/aromatic N) is 6. The smallest absolute Gasteiger partial charge is 0.457 e. The van der Waals surface area contributed by atoms with Gasteiger partial charge >= 0.3 is 68.9 Å². The minimum Gasteiger partial charge on any atom is -0.457 e. The molecule has 2 aliphatic heterocycles. The molecule has 1 aromatic heterocycles. The van der Waals surface area contributed by atoms with Crippen LogP contribution in [-0.2, 0) is 4.79 Å². The quantitative estimate of drug-likeness (QED) is 0.0522. The molecule has 13 heteroatoms. The summed E-state index contributed by atoms with van der Waals surface area (Å²) in [5.41, 5.74) is 7.75. The summed E-state index contributed by atoms with van der Waals surface area (Å²) < 4.78 is 26.9. The molecular formula is C46H69CsFN7O3S. The molecule has 1 atom stereocenters. The number of carbonyl (C=O) groups excluding carboxylic acids is 1. The number of pyridine rings is 1. The van der Waals surface area contributed by atoms with Gasteiger partial charge in [0.25, 0.3) is 6.26 Å². The van der Waals surface area contributed by atoms with E-state index in [1.807, 2.05) is 52.8 Å². The van der Waals surface area contributed by atoms with Gasteiger partial charge in [0, 0.05) is 49.0 Å². The number of thioether (sulfide) groups is 1. The molecule has 320 valence electrons. The summed E-state index contributed by atoms with van der Waals surface area (Å²) in [5, 5.41) is 15.3. The Hall–Kier alpha value is -2.84. The van der Waals surface area contributed by atoms with Crippen LogP contribution in [0.5, 0.6) is 11.5 Å². The summed E-state index contributed by atoms with van der Waals surface area (Å²) in [4.78, 5) is 22.5. The maximum Gasteiger partial charge on any atom is 1.00 e. The number of hydrazone groups is 1. The molecule has 0 amide bonds. The number of nitrogens with two attached hydrogens (primary N) is 1. The van der Waals surface area contributed by atoms with Crippen LogP contribution in [0.1, 0.15) is 120 Å². The number of hydrogen-bond donors (Lipinski definition) is 1. The third-order valence-electron chi connectivity index (χ3n) is 8.38. The van der Waals surface area contributed by atoms with Crippen LogP contribution in [0, 0.1) is 43.5 Å². The van der Waals surface area contributed by atoms with Gasteiger partial charge in [0.2, 0.25) is 0 Å². The Morgan fingerprint density at radius 1 is 1.19 bits per heavy atom. The Bertz CT molecular complexity index is 1800. The average molecular weight is 952 g/mol. The third kappa shape index (κ3) is 20.5. The first-order valence-corrected chi connectivity index (χ1v) is 21.1. The van der Waals surface area contributed by atoms with Crippen molar-refractivity contribution in [2.75, 3.05) is 23.7 Å². The second-order valence-electron chi connectivity index (χ2n) is 13.6. The molecule has 1 aromatic carbocycles. The number of allylic oxidation sites excluding steroid dienone is 5. The van der Waals surface area contributed by atoms with Crippen LogP contribution in [0.2, 0.25) is 0 Å². The number of ether oxygens (including phenoxy) is 2. The van der Waals surface area contributed by atoms with Gasteiger partial charge in [-0.05, 0) is 76.7 Å². The van der Waals surface area contributed by atoms with E-state index in [1.165, 1.54) is 12.5 Å². The van der Waals surface area contributed by atoms with Gasteiger partial charge in [-0.2, -0.15) is 5.10 Å². The SMILES string of the molecule is CC.CC/C=C/C(C)=O.CC=C1C=C(Oc2ccc(N=C(N)c3nc4c(cc3OC#N)SCC(C)CN4CCCCC)c(F)c2C)C=CN1/N=C\C.CCC(C)C.[CH3-].[Cs+]. The van der Waals surface area contributed by atoms with Crippen molar-refractivity contribution < 1.29 is 87.6 Å². The molecule has 0 saturated carbocycles. The largest absolute Gasteiger partial charge is 1.00 e. The number of fused-ring (bicyclic) bond motifs is 1. The second kappa shape index (κ2) is 32.9. The summed E-state index contributed by atoms with van der Waals surface area (Å²) in [6, 6.07) is 4.94. The van der Waals surface area contributed by atoms with Crippen molar-refractivity contribution in [2.45, 2.75) is 120 Å². The summed E-state index contributed by atoms with van der Waals surface area (Å²) >= 11 is 1.68. The van der Waals surface area contributed by atoms with E-state index in [0.717, 1.165) is 66.9 Å². The summed E-state index contributed by atoms with van der Waals surface area (Å²) in [6.45, 7) is 25.6. The number of aromatic nitrogens is 1. The first-order valence-electron chi connectivity index (χ1n) is 20.1. The monoisotopic (exact) mass is 951 g/mol. The maximum absolute atomic E-state index is 15.6. The Balaban J connectivity index is 0. The molecule has 0 saturated heterocycles. The summed E-state index contributed by atoms with van der Waals surface area (Å²) in [7, 11) is 0. The van der Waals surface area contributed by atoms with Gasteiger partial charge in [0.15, 0.2) is 28.9 Å². The molecule has 4 rings (SSSR count). The van der Waals surface area contributed by atoms with E-state index in [-0.39, 0.29) is 111 Å². The van der Waals surface area contributed by atoms with Gasteiger partial charge in [-0.25, -0.2) is 19.4 Å². The number of nitriles is 1. The molecule has 0 aliphatic carbocycles. The normalized spacial score (nSPS) is 15.2. The fourth-order valence-corrected chi connectivity index (χ4v) is 6.11. The zero-order chi connectivity index (χ0) is 42.9.